The van der Waals surface area contributed by atoms with Crippen molar-refractivity contribution in [2.75, 3.05) is 6.26 Å². The van der Waals surface area contributed by atoms with Gasteiger partial charge in [0, 0.05) is 23.8 Å². The van der Waals surface area contributed by atoms with Gasteiger partial charge in [-0.3, -0.25) is 4.98 Å². The van der Waals surface area contributed by atoms with Gasteiger partial charge in [-0.2, -0.15) is 17.5 Å². The summed E-state index contributed by atoms with van der Waals surface area (Å²) in [6, 6.07) is 2.15. The van der Waals surface area contributed by atoms with Crippen LogP contribution in [0.25, 0.3) is 11.4 Å². The van der Waals surface area contributed by atoms with Crippen molar-refractivity contribution >= 4 is 26.2 Å². The fourth-order valence-corrected chi connectivity index (χ4v) is 5.36. The fourth-order valence-electron chi connectivity index (χ4n) is 2.82. The predicted octanol–water partition coefficient (Wildman–Crippen LogP) is 4.20. The second-order valence-corrected chi connectivity index (χ2v) is 10.1. The number of hydrogen-bond acceptors (Lipinski definition) is 8. The molecule has 0 radical (unpaired) electrons. The summed E-state index contributed by atoms with van der Waals surface area (Å²) >= 11 is 1.32. The van der Waals surface area contributed by atoms with E-state index in [2.05, 4.69) is 24.6 Å². The van der Waals surface area contributed by atoms with Gasteiger partial charge in [0.05, 0.1) is 15.0 Å². The van der Waals surface area contributed by atoms with E-state index in [1.807, 2.05) is 0 Å². The maximum atomic E-state index is 13.1. The molecule has 3 aromatic heterocycles. The van der Waals surface area contributed by atoms with Gasteiger partial charge in [0.25, 0.3) is 0 Å². The average molecular weight is 429 g/mol. The maximum Gasteiger partial charge on any atom is 0.433 e. The molecular weight excluding hydrogens is 415 g/mol. The standard InChI is InChI=1S/C16H14F3N5O2S2/c1-8(9-3-6-12(20-7-9)16(17,18)19)28(2,25)24-15-21-14-11(27-15)5-4-10-13(14)23-26-22-10/h3,6-8H,4-5H2,1-2H3. The third kappa shape index (κ3) is 3.41. The van der Waals surface area contributed by atoms with Crippen molar-refractivity contribution < 1.29 is 22.0 Å². The number of halogens is 3. The monoisotopic (exact) mass is 429 g/mol. The second-order valence-electron chi connectivity index (χ2n) is 6.40. The Morgan fingerprint density at radius 1 is 1.25 bits per heavy atom. The van der Waals surface area contributed by atoms with Crippen molar-refractivity contribution in [1.82, 2.24) is 20.3 Å². The van der Waals surface area contributed by atoms with Crippen LogP contribution < -0.4 is 0 Å². The SMILES string of the molecule is CC(c1ccc(C(F)(F)F)nc1)S(C)(=O)=Nc1nc2c(s1)CCc1nonc1-2. The van der Waals surface area contributed by atoms with Crippen molar-refractivity contribution in [3.8, 4) is 11.4 Å². The van der Waals surface area contributed by atoms with Crippen molar-refractivity contribution in [2.45, 2.75) is 31.2 Å². The maximum absolute atomic E-state index is 13.1. The van der Waals surface area contributed by atoms with Crippen molar-refractivity contribution in [1.29, 1.82) is 0 Å². The fraction of sp³-hybridized carbons (Fsp3) is 0.375. The third-order valence-corrected chi connectivity index (χ3v) is 7.76. The van der Waals surface area contributed by atoms with Crippen molar-refractivity contribution in [3.63, 3.8) is 0 Å². The lowest BCUT2D eigenvalue weighted by molar-refractivity contribution is -0.141. The summed E-state index contributed by atoms with van der Waals surface area (Å²) in [6.45, 7) is 1.64. The smallest absolute Gasteiger partial charge is 0.251 e. The quantitative estimate of drug-likeness (QED) is 0.620. The van der Waals surface area contributed by atoms with Crippen LogP contribution in [0, 0.1) is 0 Å². The van der Waals surface area contributed by atoms with Gasteiger partial charge in [-0.1, -0.05) is 22.6 Å². The third-order valence-electron chi connectivity index (χ3n) is 4.52. The lowest BCUT2D eigenvalue weighted by atomic mass is 10.0. The molecule has 0 fully saturated rings. The van der Waals surface area contributed by atoms with Gasteiger partial charge >= 0.3 is 6.18 Å². The Labute approximate surface area is 162 Å². The molecule has 0 aromatic carbocycles. The number of fused-ring (bicyclic) bond motifs is 3. The van der Waals surface area contributed by atoms with E-state index in [-0.39, 0.29) is 0 Å². The molecule has 0 saturated heterocycles. The molecule has 28 heavy (non-hydrogen) atoms. The lowest BCUT2D eigenvalue weighted by Crippen LogP contribution is -2.11. The van der Waals surface area contributed by atoms with Crippen molar-refractivity contribution in [2.24, 2.45) is 4.36 Å². The largest absolute Gasteiger partial charge is 0.433 e. The van der Waals surface area contributed by atoms with Gasteiger partial charge in [-0.15, -0.1) is 0 Å². The molecule has 12 heteroatoms. The van der Waals surface area contributed by atoms with E-state index in [0.717, 1.165) is 22.8 Å². The normalized spacial score (nSPS) is 16.8. The molecule has 0 saturated carbocycles. The molecule has 7 nitrogen and oxygen atoms in total. The molecule has 148 valence electrons. The van der Waals surface area contributed by atoms with Crippen LogP contribution in [-0.2, 0) is 28.7 Å². The van der Waals surface area contributed by atoms with Gasteiger partial charge in [0.15, 0.2) is 5.69 Å². The molecule has 0 N–H and O–H groups in total. The van der Waals surface area contributed by atoms with Crippen LogP contribution in [0.1, 0.15) is 34.0 Å². The first-order valence-corrected chi connectivity index (χ1v) is 11.0. The molecule has 1 aliphatic rings. The van der Waals surface area contributed by atoms with E-state index >= 15 is 0 Å². The molecule has 2 atom stereocenters. The first-order chi connectivity index (χ1) is 13.1. The number of rotatable bonds is 3. The zero-order valence-corrected chi connectivity index (χ0v) is 16.4. The van der Waals surface area contributed by atoms with E-state index in [0.29, 0.717) is 34.9 Å². The van der Waals surface area contributed by atoms with Gasteiger partial charge < -0.3 is 0 Å². The molecular formula is C16H14F3N5O2S2. The number of alkyl halides is 3. The highest BCUT2D eigenvalue weighted by atomic mass is 32.2. The van der Waals surface area contributed by atoms with Gasteiger partial charge in [-0.05, 0) is 30.1 Å². The summed E-state index contributed by atoms with van der Waals surface area (Å²) in [6.07, 6.45) is -0.574. The minimum atomic E-state index is -4.52. The highest BCUT2D eigenvalue weighted by Crippen LogP contribution is 2.39. The van der Waals surface area contributed by atoms with Crippen LogP contribution in [-0.4, -0.2) is 30.7 Å². The zero-order valence-electron chi connectivity index (χ0n) is 14.7. The van der Waals surface area contributed by atoms with Crippen LogP contribution in [0.3, 0.4) is 0 Å². The molecule has 0 spiro atoms. The Balaban J connectivity index is 1.65. The Hall–Kier alpha value is -2.34. The minimum Gasteiger partial charge on any atom is -0.251 e. The molecule has 0 aliphatic heterocycles. The van der Waals surface area contributed by atoms with Gasteiger partial charge in [0.2, 0.25) is 5.13 Å². The van der Waals surface area contributed by atoms with Crippen molar-refractivity contribution in [3.05, 3.63) is 40.2 Å². The highest BCUT2D eigenvalue weighted by molar-refractivity contribution is 7.93. The van der Waals surface area contributed by atoms with Gasteiger partial charge in [-0.25, -0.2) is 13.8 Å². The number of aryl methyl sites for hydroxylation is 2. The van der Waals surface area contributed by atoms with Crippen LogP contribution in [0.5, 0.6) is 0 Å². The summed E-state index contributed by atoms with van der Waals surface area (Å²) in [5, 5.41) is 7.40. The molecule has 1 aliphatic carbocycles. The van der Waals surface area contributed by atoms with E-state index in [9.17, 15) is 17.4 Å². The molecule has 4 rings (SSSR count). The van der Waals surface area contributed by atoms with E-state index in [4.69, 9.17) is 4.63 Å². The van der Waals surface area contributed by atoms with E-state index < -0.39 is 26.8 Å². The summed E-state index contributed by atoms with van der Waals surface area (Å²) in [5.41, 5.74) is 1.35. The lowest BCUT2D eigenvalue weighted by Gasteiger charge is -2.14. The summed E-state index contributed by atoms with van der Waals surface area (Å²) in [7, 11) is -2.84. The zero-order chi connectivity index (χ0) is 20.1. The average Bonchev–Trinajstić information content (AvgIpc) is 3.25. The summed E-state index contributed by atoms with van der Waals surface area (Å²) in [4.78, 5) is 8.81. The Morgan fingerprint density at radius 3 is 2.71 bits per heavy atom. The van der Waals surface area contributed by atoms with E-state index in [1.165, 1.54) is 23.7 Å². The molecule has 2 unspecified atom stereocenters. The Kier molecular flexibility index (Phi) is 4.49. The first kappa shape index (κ1) is 19.0. The Bertz CT molecular complexity index is 1140. The van der Waals surface area contributed by atoms with Gasteiger partial charge in [0.1, 0.15) is 17.1 Å². The van der Waals surface area contributed by atoms with E-state index in [1.54, 1.807) is 6.92 Å². The van der Waals surface area contributed by atoms with Crippen LogP contribution in [0.2, 0.25) is 0 Å². The molecule has 0 amide bonds. The predicted molar refractivity (Wildman–Crippen MR) is 96.6 cm³/mol. The second kappa shape index (κ2) is 6.62. The van der Waals surface area contributed by atoms with Crippen LogP contribution in [0.4, 0.5) is 18.3 Å². The van der Waals surface area contributed by atoms with Crippen LogP contribution in [0.15, 0.2) is 27.3 Å². The minimum absolute atomic E-state index is 0.333. The molecule has 3 aromatic rings. The molecule has 0 bridgehead atoms. The number of pyridine rings is 1. The number of aromatic nitrogens is 4. The summed E-state index contributed by atoms with van der Waals surface area (Å²) < 4.78 is 60.2. The first-order valence-electron chi connectivity index (χ1n) is 8.21. The Morgan fingerprint density at radius 2 is 2.04 bits per heavy atom. The topological polar surface area (TPSA) is 94.1 Å². The highest BCUT2D eigenvalue weighted by Gasteiger charge is 2.32. The number of thiazole rings is 1. The number of nitrogens with zero attached hydrogens (tertiary/aromatic N) is 5. The summed E-state index contributed by atoms with van der Waals surface area (Å²) in [5.74, 6) is 0. The van der Waals surface area contributed by atoms with Crippen LogP contribution >= 0.6 is 11.3 Å². The molecule has 3 heterocycles. The number of hydrogen-bond donors (Lipinski definition) is 0.